The molecule has 14 heavy (non-hydrogen) atoms. The van der Waals surface area contributed by atoms with E-state index >= 15 is 0 Å². The summed E-state index contributed by atoms with van der Waals surface area (Å²) < 4.78 is 38.5. The SMILES string of the molecule is O=c1ccc2c(F)c(F)c(F)cc2[nH]1. The fourth-order valence-electron chi connectivity index (χ4n) is 1.21. The third kappa shape index (κ3) is 1.17. The maximum atomic E-state index is 13.1. The van der Waals surface area contributed by atoms with Gasteiger partial charge >= 0.3 is 0 Å². The van der Waals surface area contributed by atoms with Gasteiger partial charge in [0.25, 0.3) is 0 Å². The number of hydrogen-bond acceptors (Lipinski definition) is 1. The number of benzene rings is 1. The molecule has 1 N–H and O–H groups in total. The molecule has 72 valence electrons. The second-order valence-electron chi connectivity index (χ2n) is 2.77. The van der Waals surface area contributed by atoms with E-state index in [4.69, 9.17) is 0 Å². The molecule has 0 saturated heterocycles. The minimum atomic E-state index is -1.54. The van der Waals surface area contributed by atoms with Crippen LogP contribution in [0.5, 0.6) is 0 Å². The summed E-state index contributed by atoms with van der Waals surface area (Å²) in [5, 5.41) is -0.150. The number of H-pyrrole nitrogens is 1. The summed E-state index contributed by atoms with van der Waals surface area (Å²) in [6, 6.07) is 2.89. The first-order valence-corrected chi connectivity index (χ1v) is 3.76. The minimum absolute atomic E-state index is 0.0612. The number of hydrogen-bond donors (Lipinski definition) is 1. The molecule has 0 atom stereocenters. The topological polar surface area (TPSA) is 32.9 Å². The summed E-state index contributed by atoms with van der Waals surface area (Å²) in [5.74, 6) is -4.15. The Balaban J connectivity index is 2.98. The lowest BCUT2D eigenvalue weighted by atomic mass is 10.2. The summed E-state index contributed by atoms with van der Waals surface area (Å²) in [7, 11) is 0. The highest BCUT2D eigenvalue weighted by Gasteiger charge is 2.13. The fraction of sp³-hybridized carbons (Fsp3) is 0. The summed E-state index contributed by atoms with van der Waals surface area (Å²) in [6.45, 7) is 0. The molecule has 1 aromatic heterocycles. The highest BCUT2D eigenvalue weighted by Crippen LogP contribution is 2.19. The van der Waals surface area contributed by atoms with Crippen LogP contribution in [0, 0.1) is 17.5 Å². The maximum absolute atomic E-state index is 13.1. The number of pyridine rings is 1. The number of halogens is 3. The van der Waals surface area contributed by atoms with Gasteiger partial charge in [0.05, 0.1) is 5.52 Å². The van der Waals surface area contributed by atoms with Crippen LogP contribution in [0.4, 0.5) is 13.2 Å². The van der Waals surface area contributed by atoms with Crippen molar-refractivity contribution >= 4 is 10.9 Å². The van der Waals surface area contributed by atoms with E-state index in [1.54, 1.807) is 0 Å². The monoisotopic (exact) mass is 199 g/mol. The number of aromatic nitrogens is 1. The lowest BCUT2D eigenvalue weighted by molar-refractivity contribution is 0.453. The third-order valence-corrected chi connectivity index (χ3v) is 1.86. The Morgan fingerprint density at radius 1 is 1.07 bits per heavy atom. The first kappa shape index (κ1) is 8.80. The Bertz CT molecular complexity index is 562. The van der Waals surface area contributed by atoms with Crippen molar-refractivity contribution in [3.8, 4) is 0 Å². The van der Waals surface area contributed by atoms with Gasteiger partial charge in [-0.2, -0.15) is 0 Å². The molecule has 0 spiro atoms. The Hall–Kier alpha value is -1.78. The van der Waals surface area contributed by atoms with Crippen LogP contribution in [-0.2, 0) is 0 Å². The van der Waals surface area contributed by atoms with Crippen molar-refractivity contribution in [1.82, 2.24) is 4.98 Å². The van der Waals surface area contributed by atoms with Gasteiger partial charge in [0.1, 0.15) is 0 Å². The standard InChI is InChI=1S/C9H4F3NO/c10-5-3-6-4(8(11)9(5)12)1-2-7(14)13-6/h1-3H,(H,13,14). The van der Waals surface area contributed by atoms with Gasteiger partial charge in [-0.3, -0.25) is 4.79 Å². The van der Waals surface area contributed by atoms with Crippen molar-refractivity contribution in [2.24, 2.45) is 0 Å². The zero-order valence-electron chi connectivity index (χ0n) is 6.77. The molecule has 1 aromatic carbocycles. The molecule has 0 radical (unpaired) electrons. The molecule has 0 aliphatic carbocycles. The van der Waals surface area contributed by atoms with Gasteiger partial charge in [-0.05, 0) is 6.07 Å². The van der Waals surface area contributed by atoms with Gasteiger partial charge < -0.3 is 4.98 Å². The van der Waals surface area contributed by atoms with E-state index in [0.717, 1.165) is 18.2 Å². The van der Waals surface area contributed by atoms with Gasteiger partial charge in [-0.15, -0.1) is 0 Å². The largest absolute Gasteiger partial charge is 0.322 e. The predicted molar refractivity (Wildman–Crippen MR) is 44.4 cm³/mol. The molecule has 0 amide bonds. The van der Waals surface area contributed by atoms with Crippen molar-refractivity contribution in [2.75, 3.05) is 0 Å². The highest BCUT2D eigenvalue weighted by atomic mass is 19.2. The van der Waals surface area contributed by atoms with Crippen molar-refractivity contribution < 1.29 is 13.2 Å². The summed E-state index contributed by atoms with van der Waals surface area (Å²) in [6.07, 6.45) is 0. The minimum Gasteiger partial charge on any atom is -0.322 e. The lowest BCUT2D eigenvalue weighted by Gasteiger charge is -2.00. The summed E-state index contributed by atoms with van der Waals surface area (Å²) >= 11 is 0. The second-order valence-corrected chi connectivity index (χ2v) is 2.77. The van der Waals surface area contributed by atoms with Gasteiger partial charge in [0, 0.05) is 17.5 Å². The molecule has 0 bridgehead atoms. The van der Waals surface area contributed by atoms with Gasteiger partial charge in [-0.1, -0.05) is 0 Å². The highest BCUT2D eigenvalue weighted by molar-refractivity contribution is 5.79. The van der Waals surface area contributed by atoms with Crippen molar-refractivity contribution in [1.29, 1.82) is 0 Å². The molecule has 0 unspecified atom stereocenters. The third-order valence-electron chi connectivity index (χ3n) is 1.86. The molecule has 0 saturated carbocycles. The van der Waals surface area contributed by atoms with Crippen LogP contribution in [0.3, 0.4) is 0 Å². The van der Waals surface area contributed by atoms with E-state index in [0.29, 0.717) is 0 Å². The molecule has 2 aromatic rings. The Morgan fingerprint density at radius 3 is 2.50 bits per heavy atom. The van der Waals surface area contributed by atoms with Crippen LogP contribution < -0.4 is 5.56 Å². The smallest absolute Gasteiger partial charge is 0.248 e. The fourth-order valence-corrected chi connectivity index (χ4v) is 1.21. The predicted octanol–water partition coefficient (Wildman–Crippen LogP) is 1.95. The maximum Gasteiger partial charge on any atom is 0.248 e. The van der Waals surface area contributed by atoms with E-state index in [-0.39, 0.29) is 10.9 Å². The molecular formula is C9H4F3NO. The van der Waals surface area contributed by atoms with Crippen molar-refractivity contribution in [3.63, 3.8) is 0 Å². The van der Waals surface area contributed by atoms with E-state index in [2.05, 4.69) is 4.98 Å². The van der Waals surface area contributed by atoms with Crippen LogP contribution in [-0.4, -0.2) is 4.98 Å². The first-order valence-electron chi connectivity index (χ1n) is 3.76. The molecule has 2 nitrogen and oxygen atoms in total. The molecule has 1 heterocycles. The first-order chi connectivity index (χ1) is 6.59. The number of fused-ring (bicyclic) bond motifs is 1. The summed E-state index contributed by atoms with van der Waals surface area (Å²) in [4.78, 5) is 13.0. The van der Waals surface area contributed by atoms with Gasteiger partial charge in [0.15, 0.2) is 17.5 Å². The molecular weight excluding hydrogens is 195 g/mol. The van der Waals surface area contributed by atoms with Crippen LogP contribution in [0.1, 0.15) is 0 Å². The normalized spacial score (nSPS) is 10.8. The average Bonchev–Trinajstić information content (AvgIpc) is 2.14. The zero-order chi connectivity index (χ0) is 10.3. The zero-order valence-corrected chi connectivity index (χ0v) is 6.77. The van der Waals surface area contributed by atoms with Gasteiger partial charge in [0.2, 0.25) is 5.56 Å². The van der Waals surface area contributed by atoms with E-state index in [9.17, 15) is 18.0 Å². The number of nitrogens with one attached hydrogen (secondary N) is 1. The molecule has 2 rings (SSSR count). The second kappa shape index (κ2) is 2.87. The number of aromatic amines is 1. The number of rotatable bonds is 0. The Morgan fingerprint density at radius 2 is 1.79 bits per heavy atom. The summed E-state index contributed by atoms with van der Waals surface area (Å²) in [5.41, 5.74) is -0.559. The molecule has 0 aliphatic heterocycles. The average molecular weight is 199 g/mol. The van der Waals surface area contributed by atoms with E-state index in [1.807, 2.05) is 0 Å². The molecule has 0 aliphatic rings. The van der Waals surface area contributed by atoms with Crippen LogP contribution >= 0.6 is 0 Å². The molecule has 5 heteroatoms. The Kier molecular flexibility index (Phi) is 1.80. The van der Waals surface area contributed by atoms with Gasteiger partial charge in [-0.25, -0.2) is 13.2 Å². The van der Waals surface area contributed by atoms with Crippen molar-refractivity contribution in [2.45, 2.75) is 0 Å². The van der Waals surface area contributed by atoms with Crippen LogP contribution in [0.15, 0.2) is 23.0 Å². The van der Waals surface area contributed by atoms with E-state index < -0.39 is 23.0 Å². The quantitative estimate of drug-likeness (QED) is 0.646. The van der Waals surface area contributed by atoms with Crippen molar-refractivity contribution in [3.05, 3.63) is 46.0 Å². The van der Waals surface area contributed by atoms with Crippen LogP contribution in [0.2, 0.25) is 0 Å². The van der Waals surface area contributed by atoms with Crippen LogP contribution in [0.25, 0.3) is 10.9 Å². The van der Waals surface area contributed by atoms with E-state index in [1.165, 1.54) is 0 Å². The molecule has 0 fully saturated rings. The lowest BCUT2D eigenvalue weighted by Crippen LogP contribution is -2.04. The Labute approximate surface area is 76.0 Å².